The first-order valence-corrected chi connectivity index (χ1v) is 8.84. The van der Waals surface area contributed by atoms with Crippen molar-refractivity contribution in [3.05, 3.63) is 64.1 Å². The average Bonchev–Trinajstić information content (AvgIpc) is 3.45. The van der Waals surface area contributed by atoms with Crippen molar-refractivity contribution in [1.29, 1.82) is 0 Å². The Balaban J connectivity index is 1.61. The Morgan fingerprint density at radius 2 is 1.80 bits per heavy atom. The molecule has 0 aliphatic heterocycles. The molecule has 1 saturated carbocycles. The van der Waals surface area contributed by atoms with Gasteiger partial charge in [-0.05, 0) is 55.7 Å². The van der Waals surface area contributed by atoms with E-state index in [-0.39, 0.29) is 17.7 Å². The summed E-state index contributed by atoms with van der Waals surface area (Å²) in [6.45, 7) is 1.82. The summed E-state index contributed by atoms with van der Waals surface area (Å²) < 4.78 is 0.838. The molecule has 1 aliphatic carbocycles. The van der Waals surface area contributed by atoms with E-state index in [1.54, 1.807) is 18.2 Å². The average molecular weight is 400 g/mol. The summed E-state index contributed by atoms with van der Waals surface area (Å²) in [7, 11) is 0. The molecule has 0 aromatic heterocycles. The van der Waals surface area contributed by atoms with E-state index in [4.69, 9.17) is 0 Å². The van der Waals surface area contributed by atoms with Crippen molar-refractivity contribution < 1.29 is 9.59 Å². The Kier molecular flexibility index (Phi) is 5.28. The fourth-order valence-electron chi connectivity index (χ4n) is 2.28. The number of halogens is 1. The van der Waals surface area contributed by atoms with E-state index in [0.717, 1.165) is 28.6 Å². The van der Waals surface area contributed by atoms with Crippen molar-refractivity contribution in [2.24, 2.45) is 11.0 Å². The summed E-state index contributed by atoms with van der Waals surface area (Å²) in [5.41, 5.74) is 5.41. The molecule has 0 spiro atoms. The maximum atomic E-state index is 12.1. The van der Waals surface area contributed by atoms with Gasteiger partial charge in [-0.3, -0.25) is 9.59 Å². The molecule has 5 nitrogen and oxygen atoms in total. The van der Waals surface area contributed by atoms with E-state index in [1.165, 1.54) is 0 Å². The van der Waals surface area contributed by atoms with Gasteiger partial charge in [-0.1, -0.05) is 34.1 Å². The number of benzene rings is 2. The van der Waals surface area contributed by atoms with E-state index < -0.39 is 0 Å². The van der Waals surface area contributed by atoms with Gasteiger partial charge in [0.05, 0.1) is 5.71 Å². The largest absolute Gasteiger partial charge is 0.326 e. The van der Waals surface area contributed by atoms with E-state index in [0.29, 0.717) is 11.3 Å². The molecule has 1 fully saturated rings. The van der Waals surface area contributed by atoms with Crippen LogP contribution < -0.4 is 10.7 Å². The van der Waals surface area contributed by atoms with Crippen LogP contribution in [0.2, 0.25) is 0 Å². The fourth-order valence-corrected chi connectivity index (χ4v) is 2.68. The van der Waals surface area contributed by atoms with Crippen LogP contribution in [0.3, 0.4) is 0 Å². The van der Waals surface area contributed by atoms with Crippen molar-refractivity contribution in [3.8, 4) is 0 Å². The Bertz CT molecular complexity index is 827. The molecule has 2 aromatic carbocycles. The third-order valence-electron chi connectivity index (χ3n) is 3.93. The van der Waals surface area contributed by atoms with Gasteiger partial charge in [-0.2, -0.15) is 5.10 Å². The Labute approximate surface area is 154 Å². The van der Waals surface area contributed by atoms with Gasteiger partial charge in [-0.25, -0.2) is 5.43 Å². The van der Waals surface area contributed by atoms with E-state index in [9.17, 15) is 9.59 Å². The van der Waals surface area contributed by atoms with Gasteiger partial charge >= 0.3 is 0 Å². The summed E-state index contributed by atoms with van der Waals surface area (Å²) in [6.07, 6.45) is 1.96. The van der Waals surface area contributed by atoms with Crippen LogP contribution >= 0.6 is 15.9 Å². The van der Waals surface area contributed by atoms with Crippen LogP contribution in [0, 0.1) is 5.92 Å². The summed E-state index contributed by atoms with van der Waals surface area (Å²) in [5.74, 6) is -0.00963. The Morgan fingerprint density at radius 1 is 1.08 bits per heavy atom. The van der Waals surface area contributed by atoms with Gasteiger partial charge in [0.2, 0.25) is 5.91 Å². The second-order valence-corrected chi connectivity index (χ2v) is 6.91. The van der Waals surface area contributed by atoms with Gasteiger partial charge < -0.3 is 5.32 Å². The van der Waals surface area contributed by atoms with Crippen molar-refractivity contribution in [1.82, 2.24) is 5.43 Å². The zero-order valence-electron chi connectivity index (χ0n) is 13.8. The van der Waals surface area contributed by atoms with E-state index >= 15 is 0 Å². The lowest BCUT2D eigenvalue weighted by Crippen LogP contribution is -2.19. The first kappa shape index (κ1) is 17.4. The molecule has 3 rings (SSSR count). The third-order valence-corrected chi connectivity index (χ3v) is 4.42. The number of hydrazone groups is 1. The fraction of sp³-hybridized carbons (Fsp3) is 0.211. The van der Waals surface area contributed by atoms with Crippen LogP contribution in [0.1, 0.15) is 35.7 Å². The van der Waals surface area contributed by atoms with Gasteiger partial charge in [0.25, 0.3) is 5.91 Å². The summed E-state index contributed by atoms with van der Waals surface area (Å²) in [4.78, 5) is 23.8. The van der Waals surface area contributed by atoms with Crippen LogP contribution in [0.15, 0.2) is 58.1 Å². The molecule has 0 bridgehead atoms. The molecule has 2 N–H and O–H groups in total. The number of hydrogen-bond donors (Lipinski definition) is 2. The highest BCUT2D eigenvalue weighted by atomic mass is 79.9. The van der Waals surface area contributed by atoms with Gasteiger partial charge in [0.1, 0.15) is 0 Å². The zero-order valence-corrected chi connectivity index (χ0v) is 15.3. The third kappa shape index (κ3) is 4.76. The smallest absolute Gasteiger partial charge is 0.271 e. The topological polar surface area (TPSA) is 70.6 Å². The highest BCUT2D eigenvalue weighted by molar-refractivity contribution is 9.10. The van der Waals surface area contributed by atoms with Crippen LogP contribution in [0.4, 0.5) is 5.69 Å². The lowest BCUT2D eigenvalue weighted by Gasteiger charge is -2.06. The molecular formula is C19H18BrN3O2. The molecule has 2 amide bonds. The summed E-state index contributed by atoms with van der Waals surface area (Å²) in [6, 6.07) is 14.5. The second-order valence-electron chi connectivity index (χ2n) is 5.99. The van der Waals surface area contributed by atoms with Crippen LogP contribution in [0.25, 0.3) is 0 Å². The highest BCUT2D eigenvalue weighted by Crippen LogP contribution is 2.30. The number of nitrogens with one attached hydrogen (secondary N) is 2. The first-order valence-electron chi connectivity index (χ1n) is 8.04. The van der Waals surface area contributed by atoms with Crippen molar-refractivity contribution >= 4 is 39.1 Å². The number of amides is 2. The quantitative estimate of drug-likeness (QED) is 0.590. The SMILES string of the molecule is CC(=NNC(=O)c1cccc(Br)c1)c1ccc(NC(=O)C2CC2)cc1. The maximum Gasteiger partial charge on any atom is 0.271 e. The highest BCUT2D eigenvalue weighted by Gasteiger charge is 2.29. The predicted molar refractivity (Wildman–Crippen MR) is 102 cm³/mol. The second kappa shape index (κ2) is 7.61. The number of rotatable bonds is 5. The standard InChI is InChI=1S/C19H18BrN3O2/c1-12(22-23-19(25)15-3-2-4-16(20)11-15)13-7-9-17(10-8-13)21-18(24)14-5-6-14/h2-4,7-11,14H,5-6H2,1H3,(H,21,24)(H,23,25). The maximum absolute atomic E-state index is 12.1. The summed E-state index contributed by atoms with van der Waals surface area (Å²) in [5, 5.41) is 7.04. The molecule has 1 aliphatic rings. The van der Waals surface area contributed by atoms with Gasteiger partial charge in [-0.15, -0.1) is 0 Å². The molecule has 0 heterocycles. The molecule has 0 radical (unpaired) electrons. The number of hydrogen-bond acceptors (Lipinski definition) is 3. The van der Waals surface area contributed by atoms with Gasteiger partial charge in [0.15, 0.2) is 0 Å². The molecule has 6 heteroatoms. The first-order chi connectivity index (χ1) is 12.0. The lowest BCUT2D eigenvalue weighted by atomic mass is 10.1. The number of nitrogens with zero attached hydrogens (tertiary/aromatic N) is 1. The van der Waals surface area contributed by atoms with Gasteiger partial charge in [0, 0.05) is 21.6 Å². The number of carbonyl (C=O) groups excluding carboxylic acids is 2. The minimum absolute atomic E-state index is 0.0828. The van der Waals surface area contributed by atoms with Crippen LogP contribution in [0.5, 0.6) is 0 Å². The van der Waals surface area contributed by atoms with Crippen molar-refractivity contribution in [2.45, 2.75) is 19.8 Å². The molecule has 0 atom stereocenters. The van der Waals surface area contributed by atoms with Crippen LogP contribution in [-0.2, 0) is 4.79 Å². The van der Waals surface area contributed by atoms with Crippen molar-refractivity contribution in [2.75, 3.05) is 5.32 Å². The van der Waals surface area contributed by atoms with Crippen LogP contribution in [-0.4, -0.2) is 17.5 Å². The number of anilines is 1. The van der Waals surface area contributed by atoms with Crippen molar-refractivity contribution in [3.63, 3.8) is 0 Å². The zero-order chi connectivity index (χ0) is 17.8. The molecule has 2 aromatic rings. The lowest BCUT2D eigenvalue weighted by molar-refractivity contribution is -0.117. The number of carbonyl (C=O) groups is 2. The minimum atomic E-state index is -0.269. The Morgan fingerprint density at radius 3 is 2.44 bits per heavy atom. The molecule has 0 saturated heterocycles. The Hall–Kier alpha value is -2.47. The normalized spacial score (nSPS) is 14.1. The molecule has 25 heavy (non-hydrogen) atoms. The molecule has 0 unspecified atom stereocenters. The summed E-state index contributed by atoms with van der Waals surface area (Å²) >= 11 is 3.34. The van der Waals surface area contributed by atoms with E-state index in [2.05, 4.69) is 31.8 Å². The molecule has 128 valence electrons. The minimum Gasteiger partial charge on any atom is -0.326 e. The molecular weight excluding hydrogens is 382 g/mol. The monoisotopic (exact) mass is 399 g/mol. The predicted octanol–water partition coefficient (Wildman–Crippen LogP) is 3.95. The van der Waals surface area contributed by atoms with E-state index in [1.807, 2.05) is 37.3 Å².